The topological polar surface area (TPSA) is 185 Å². The molecule has 228 valence electrons. The fourth-order valence-corrected chi connectivity index (χ4v) is 5.95. The minimum absolute atomic E-state index is 0.0582. The number of carbonyl (C=O) groups excluding carboxylic acids is 1. The Labute approximate surface area is 239 Å². The third kappa shape index (κ3) is 6.17. The lowest BCUT2D eigenvalue weighted by molar-refractivity contribution is -0.144. The number of halogens is 2. The van der Waals surface area contributed by atoms with E-state index in [-0.39, 0.29) is 35.5 Å². The summed E-state index contributed by atoms with van der Waals surface area (Å²) in [5.41, 5.74) is 3.22. The van der Waals surface area contributed by atoms with Crippen LogP contribution in [-0.2, 0) is 23.4 Å². The molecule has 0 spiro atoms. The number of benzene rings is 1. The summed E-state index contributed by atoms with van der Waals surface area (Å²) in [5, 5.41) is 16.5. The van der Waals surface area contributed by atoms with E-state index in [0.717, 1.165) is 17.4 Å². The van der Waals surface area contributed by atoms with Gasteiger partial charge < -0.3 is 30.2 Å². The molecule has 1 unspecified atom stereocenters. The van der Waals surface area contributed by atoms with Crippen molar-refractivity contribution in [2.45, 2.75) is 62.9 Å². The highest BCUT2D eigenvalue weighted by Crippen LogP contribution is 2.48. The minimum atomic E-state index is -4.37. The van der Waals surface area contributed by atoms with Crippen molar-refractivity contribution < 1.29 is 41.8 Å². The Morgan fingerprint density at radius 1 is 1.33 bits per heavy atom. The Morgan fingerprint density at radius 2 is 2.07 bits per heavy atom. The molecule has 17 heteroatoms. The van der Waals surface area contributed by atoms with E-state index in [1.807, 2.05) is 0 Å². The van der Waals surface area contributed by atoms with Crippen LogP contribution >= 0.6 is 7.75 Å². The number of nitrogen functional groups attached to an aromatic ring is 1. The first-order valence-corrected chi connectivity index (χ1v) is 14.9. The van der Waals surface area contributed by atoms with Crippen molar-refractivity contribution >= 4 is 36.6 Å². The lowest BCUT2D eigenvalue weighted by atomic mass is 9.97. The maximum Gasteiger partial charge on any atom is 0.459 e. The molecule has 0 amide bonds. The molecule has 6 atom stereocenters. The zero-order valence-electron chi connectivity index (χ0n) is 22.9. The smallest absolute Gasteiger partial charge is 0.459 e. The minimum Gasteiger partial charge on any atom is -0.465 e. The number of aliphatic hydroxyl groups excluding tert-OH is 1. The van der Waals surface area contributed by atoms with Gasteiger partial charge in [-0.15, -0.1) is 0 Å². The van der Waals surface area contributed by atoms with Crippen molar-refractivity contribution in [3.05, 3.63) is 36.7 Å². The normalized spacial score (nSPS) is 26.1. The van der Waals surface area contributed by atoms with Gasteiger partial charge in [0.25, 0.3) is 0 Å². The lowest BCUT2D eigenvalue weighted by Gasteiger charge is -2.26. The van der Waals surface area contributed by atoms with Gasteiger partial charge in [-0.3, -0.25) is 13.9 Å². The standard InChI is InChI=1S/C25H32F2N7O7P/c1-3-38-22(36)14(2)33-42(37,41-16-7-5-4-6-8-16)39-11-17-19(35)25(27,12-26)23(40-17)34-13-29-18-20(30-15-9-10-15)31-24(28)32-21(18)34/h4-8,13-15,17,19,23,35H,3,9-12H2,1-2H3,(H,33,37)(H3,28,30,31,32)/t14-,17+,19+,23+,25+,42?/m0/s1. The Balaban J connectivity index is 1.39. The van der Waals surface area contributed by atoms with Gasteiger partial charge in [-0.2, -0.15) is 15.1 Å². The summed E-state index contributed by atoms with van der Waals surface area (Å²) in [6.45, 7) is 0.726. The first-order valence-electron chi connectivity index (χ1n) is 13.4. The van der Waals surface area contributed by atoms with Gasteiger partial charge in [-0.1, -0.05) is 18.2 Å². The van der Waals surface area contributed by atoms with E-state index in [4.69, 9.17) is 24.3 Å². The molecule has 14 nitrogen and oxygen atoms in total. The number of nitrogens with zero attached hydrogens (tertiary/aromatic N) is 4. The van der Waals surface area contributed by atoms with E-state index in [1.165, 1.54) is 25.4 Å². The van der Waals surface area contributed by atoms with Crippen LogP contribution in [0.5, 0.6) is 5.75 Å². The van der Waals surface area contributed by atoms with Gasteiger partial charge in [0.05, 0.1) is 19.5 Å². The molecule has 1 aromatic carbocycles. The number of carbonyl (C=O) groups is 1. The molecule has 1 aliphatic carbocycles. The monoisotopic (exact) mass is 611 g/mol. The average molecular weight is 612 g/mol. The fourth-order valence-electron chi connectivity index (χ4n) is 4.45. The quantitative estimate of drug-likeness (QED) is 0.163. The number of anilines is 2. The van der Waals surface area contributed by atoms with Gasteiger partial charge in [0.2, 0.25) is 11.6 Å². The molecule has 0 radical (unpaired) electrons. The first-order chi connectivity index (χ1) is 20.1. The van der Waals surface area contributed by atoms with E-state index < -0.39 is 57.1 Å². The van der Waals surface area contributed by atoms with Gasteiger partial charge in [0.15, 0.2) is 23.2 Å². The molecule has 3 aromatic rings. The highest BCUT2D eigenvalue weighted by Gasteiger charge is 2.59. The molecular formula is C25H32F2N7O7P. The van der Waals surface area contributed by atoms with Crippen LogP contribution in [0, 0.1) is 0 Å². The second-order valence-electron chi connectivity index (χ2n) is 10.0. The second kappa shape index (κ2) is 12.1. The maximum atomic E-state index is 16.1. The van der Waals surface area contributed by atoms with Gasteiger partial charge >= 0.3 is 13.7 Å². The summed E-state index contributed by atoms with van der Waals surface area (Å²) in [6.07, 6.45) is -2.28. The van der Waals surface area contributed by atoms with Gasteiger partial charge in [0.1, 0.15) is 30.7 Å². The summed E-state index contributed by atoms with van der Waals surface area (Å²) in [7, 11) is -4.37. The van der Waals surface area contributed by atoms with Gasteiger partial charge in [-0.25, -0.2) is 18.3 Å². The summed E-state index contributed by atoms with van der Waals surface area (Å²) < 4.78 is 67.0. The molecule has 42 heavy (non-hydrogen) atoms. The summed E-state index contributed by atoms with van der Waals surface area (Å²) >= 11 is 0. The van der Waals surface area contributed by atoms with Gasteiger partial charge in [-0.05, 0) is 38.8 Å². The van der Waals surface area contributed by atoms with E-state index >= 15 is 4.39 Å². The Morgan fingerprint density at radius 3 is 2.74 bits per heavy atom. The van der Waals surface area contributed by atoms with Crippen molar-refractivity contribution in [1.29, 1.82) is 0 Å². The molecule has 5 N–H and O–H groups in total. The lowest BCUT2D eigenvalue weighted by Crippen LogP contribution is -2.45. The van der Waals surface area contributed by atoms with Crippen LogP contribution in [0.1, 0.15) is 32.9 Å². The first kappa shape index (κ1) is 30.0. The van der Waals surface area contributed by atoms with Crippen molar-refractivity contribution in [2.75, 3.05) is 30.9 Å². The van der Waals surface area contributed by atoms with Crippen LogP contribution in [0.2, 0.25) is 0 Å². The Kier molecular flexibility index (Phi) is 8.62. The number of aromatic nitrogens is 4. The third-order valence-corrected chi connectivity index (χ3v) is 8.39. The second-order valence-corrected chi connectivity index (χ2v) is 11.7. The number of hydrogen-bond acceptors (Lipinski definition) is 12. The van der Waals surface area contributed by atoms with E-state index in [1.54, 1.807) is 25.1 Å². The number of aliphatic hydroxyl groups is 1. The number of imidazole rings is 1. The van der Waals surface area contributed by atoms with Crippen LogP contribution in [0.15, 0.2) is 36.7 Å². The largest absolute Gasteiger partial charge is 0.465 e. The number of esters is 1. The Bertz CT molecular complexity index is 1460. The van der Waals surface area contributed by atoms with Crippen molar-refractivity contribution in [2.24, 2.45) is 0 Å². The zero-order valence-corrected chi connectivity index (χ0v) is 23.7. The number of hydrogen-bond donors (Lipinski definition) is 4. The van der Waals surface area contributed by atoms with Gasteiger partial charge in [0, 0.05) is 6.04 Å². The highest BCUT2D eigenvalue weighted by atomic mass is 31.2. The van der Waals surface area contributed by atoms with Crippen LogP contribution in [-0.4, -0.2) is 80.4 Å². The Hall–Kier alpha value is -3.43. The number of para-hydroxylation sites is 1. The van der Waals surface area contributed by atoms with E-state index in [2.05, 4.69) is 25.4 Å². The summed E-state index contributed by atoms with van der Waals surface area (Å²) in [4.78, 5) is 24.8. The number of nitrogens with two attached hydrogens (primary N) is 1. The SMILES string of the molecule is CCOC(=O)[C@H](C)NP(=O)(OC[C@H]1O[C@@H](n2cnc3c(NC4CC4)nc(N)nc32)[C@@](F)(CF)[C@@H]1O)Oc1ccccc1. The molecule has 5 rings (SSSR count). The molecule has 1 aliphatic heterocycles. The van der Waals surface area contributed by atoms with E-state index in [0.29, 0.717) is 5.82 Å². The number of ether oxygens (including phenoxy) is 2. The molecular weight excluding hydrogens is 579 g/mol. The number of rotatable bonds is 13. The average Bonchev–Trinajstić information content (AvgIpc) is 3.62. The molecule has 3 heterocycles. The summed E-state index contributed by atoms with van der Waals surface area (Å²) in [5.74, 6) is -0.380. The fraction of sp³-hybridized carbons (Fsp3) is 0.520. The predicted octanol–water partition coefficient (Wildman–Crippen LogP) is 2.66. The highest BCUT2D eigenvalue weighted by molar-refractivity contribution is 7.52. The third-order valence-electron chi connectivity index (χ3n) is 6.74. The van der Waals surface area contributed by atoms with E-state index in [9.17, 15) is 18.9 Å². The van der Waals surface area contributed by atoms with Crippen molar-refractivity contribution in [1.82, 2.24) is 24.6 Å². The van der Waals surface area contributed by atoms with Crippen molar-refractivity contribution in [3.8, 4) is 5.75 Å². The van der Waals surface area contributed by atoms with Crippen LogP contribution < -0.4 is 20.7 Å². The predicted molar refractivity (Wildman–Crippen MR) is 146 cm³/mol. The molecule has 1 saturated carbocycles. The number of alkyl halides is 2. The van der Waals surface area contributed by atoms with Crippen LogP contribution in [0.3, 0.4) is 0 Å². The van der Waals surface area contributed by atoms with Crippen molar-refractivity contribution in [3.63, 3.8) is 0 Å². The van der Waals surface area contributed by atoms with Crippen LogP contribution in [0.4, 0.5) is 20.5 Å². The number of nitrogens with one attached hydrogen (secondary N) is 2. The molecule has 2 aromatic heterocycles. The van der Waals surface area contributed by atoms with Crippen LogP contribution in [0.25, 0.3) is 11.2 Å². The zero-order chi connectivity index (χ0) is 30.1. The number of fused-ring (bicyclic) bond motifs is 1. The summed E-state index contributed by atoms with van der Waals surface area (Å²) in [6, 6.07) is 7.02. The molecule has 1 saturated heterocycles. The molecule has 2 fully saturated rings. The molecule has 2 aliphatic rings. The maximum absolute atomic E-state index is 16.1. The molecule has 0 bridgehead atoms.